The molecule has 0 spiro atoms. The standard InChI is InChI=1S/C10H18N4/c1-14-12-7-10(13-14)6-8-2-4-9(11)5-3-8/h7-9H,2-6,11H2,1H3. The lowest BCUT2D eigenvalue weighted by Crippen LogP contribution is -2.27. The summed E-state index contributed by atoms with van der Waals surface area (Å²) in [6.07, 6.45) is 7.78. The molecule has 1 aliphatic carbocycles. The van der Waals surface area contributed by atoms with Gasteiger partial charge in [-0.1, -0.05) is 0 Å². The van der Waals surface area contributed by atoms with Gasteiger partial charge in [0.25, 0.3) is 0 Å². The number of aromatic nitrogens is 3. The van der Waals surface area contributed by atoms with Gasteiger partial charge in [-0.05, 0) is 38.0 Å². The molecule has 1 aliphatic rings. The van der Waals surface area contributed by atoms with Crippen LogP contribution in [-0.4, -0.2) is 21.0 Å². The summed E-state index contributed by atoms with van der Waals surface area (Å²) >= 11 is 0. The van der Waals surface area contributed by atoms with Crippen molar-refractivity contribution in [2.75, 3.05) is 0 Å². The van der Waals surface area contributed by atoms with Crippen LogP contribution in [-0.2, 0) is 13.5 Å². The smallest absolute Gasteiger partial charge is 0.0829 e. The first-order valence-corrected chi connectivity index (χ1v) is 5.35. The topological polar surface area (TPSA) is 56.7 Å². The van der Waals surface area contributed by atoms with E-state index in [1.54, 1.807) is 4.80 Å². The summed E-state index contributed by atoms with van der Waals surface area (Å²) in [5.74, 6) is 0.770. The van der Waals surface area contributed by atoms with Crippen molar-refractivity contribution in [1.82, 2.24) is 15.0 Å². The number of nitrogens with two attached hydrogens (primary N) is 1. The summed E-state index contributed by atoms with van der Waals surface area (Å²) in [7, 11) is 1.86. The van der Waals surface area contributed by atoms with E-state index in [0.717, 1.165) is 18.0 Å². The second-order valence-corrected chi connectivity index (χ2v) is 4.31. The lowest BCUT2D eigenvalue weighted by molar-refractivity contribution is 0.322. The van der Waals surface area contributed by atoms with Crippen molar-refractivity contribution in [1.29, 1.82) is 0 Å². The second kappa shape index (κ2) is 4.09. The number of hydrogen-bond acceptors (Lipinski definition) is 3. The van der Waals surface area contributed by atoms with Crippen molar-refractivity contribution >= 4 is 0 Å². The zero-order valence-electron chi connectivity index (χ0n) is 8.69. The molecule has 1 saturated carbocycles. The number of nitrogens with zero attached hydrogens (tertiary/aromatic N) is 3. The molecule has 78 valence electrons. The highest BCUT2D eigenvalue weighted by Crippen LogP contribution is 2.25. The van der Waals surface area contributed by atoms with Crippen LogP contribution in [0, 0.1) is 5.92 Å². The molecule has 0 amide bonds. The minimum atomic E-state index is 0.438. The lowest BCUT2D eigenvalue weighted by atomic mass is 9.84. The van der Waals surface area contributed by atoms with Crippen LogP contribution in [0.4, 0.5) is 0 Å². The van der Waals surface area contributed by atoms with Gasteiger partial charge in [0, 0.05) is 13.1 Å². The Morgan fingerprint density at radius 1 is 1.43 bits per heavy atom. The molecule has 0 bridgehead atoms. The Labute approximate surface area is 84.5 Å². The van der Waals surface area contributed by atoms with E-state index in [0.29, 0.717) is 6.04 Å². The van der Waals surface area contributed by atoms with Crippen molar-refractivity contribution in [2.45, 2.75) is 38.1 Å². The molecule has 1 aromatic heterocycles. The van der Waals surface area contributed by atoms with E-state index in [1.165, 1.54) is 25.7 Å². The lowest BCUT2D eigenvalue weighted by Gasteiger charge is -2.25. The third-order valence-corrected chi connectivity index (χ3v) is 3.04. The minimum Gasteiger partial charge on any atom is -0.328 e. The van der Waals surface area contributed by atoms with E-state index in [1.807, 2.05) is 13.2 Å². The Kier molecular flexibility index (Phi) is 2.82. The SMILES string of the molecule is Cn1ncc(CC2CCC(N)CC2)n1. The quantitative estimate of drug-likeness (QED) is 0.760. The van der Waals surface area contributed by atoms with Gasteiger partial charge in [0.2, 0.25) is 0 Å². The van der Waals surface area contributed by atoms with E-state index >= 15 is 0 Å². The van der Waals surface area contributed by atoms with Crippen molar-refractivity contribution in [2.24, 2.45) is 18.7 Å². The maximum absolute atomic E-state index is 5.86. The monoisotopic (exact) mass is 194 g/mol. The maximum Gasteiger partial charge on any atom is 0.0829 e. The molecule has 2 N–H and O–H groups in total. The van der Waals surface area contributed by atoms with Gasteiger partial charge in [-0.2, -0.15) is 15.0 Å². The van der Waals surface area contributed by atoms with Gasteiger partial charge in [-0.3, -0.25) is 0 Å². The molecule has 4 nitrogen and oxygen atoms in total. The molecule has 0 atom stereocenters. The van der Waals surface area contributed by atoms with E-state index in [9.17, 15) is 0 Å². The fourth-order valence-electron chi connectivity index (χ4n) is 2.17. The molecule has 1 fully saturated rings. The number of hydrogen-bond donors (Lipinski definition) is 1. The molecule has 0 radical (unpaired) electrons. The van der Waals surface area contributed by atoms with Crippen LogP contribution in [0.3, 0.4) is 0 Å². The third kappa shape index (κ3) is 2.32. The zero-order valence-corrected chi connectivity index (χ0v) is 8.69. The summed E-state index contributed by atoms with van der Waals surface area (Å²) in [5.41, 5.74) is 6.98. The van der Waals surface area contributed by atoms with Gasteiger partial charge < -0.3 is 5.73 Å². The Balaban J connectivity index is 1.86. The van der Waals surface area contributed by atoms with E-state index in [4.69, 9.17) is 5.73 Å². The first kappa shape index (κ1) is 9.65. The van der Waals surface area contributed by atoms with Gasteiger partial charge >= 0.3 is 0 Å². The third-order valence-electron chi connectivity index (χ3n) is 3.04. The van der Waals surface area contributed by atoms with Gasteiger partial charge in [-0.25, -0.2) is 0 Å². The highest BCUT2D eigenvalue weighted by Gasteiger charge is 2.19. The first-order valence-electron chi connectivity index (χ1n) is 5.35. The molecular weight excluding hydrogens is 176 g/mol. The molecule has 1 heterocycles. The molecule has 4 heteroatoms. The summed E-state index contributed by atoms with van der Waals surface area (Å²) < 4.78 is 0. The molecule has 0 saturated heterocycles. The summed E-state index contributed by atoms with van der Waals surface area (Å²) in [5, 5.41) is 8.38. The zero-order chi connectivity index (χ0) is 9.97. The second-order valence-electron chi connectivity index (χ2n) is 4.31. The van der Waals surface area contributed by atoms with Crippen LogP contribution in [0.15, 0.2) is 6.20 Å². The van der Waals surface area contributed by atoms with Crippen LogP contribution in [0.25, 0.3) is 0 Å². The highest BCUT2D eigenvalue weighted by molar-refractivity contribution is 4.94. The van der Waals surface area contributed by atoms with E-state index < -0.39 is 0 Å². The summed E-state index contributed by atoms with van der Waals surface area (Å²) in [4.78, 5) is 1.63. The fraction of sp³-hybridized carbons (Fsp3) is 0.800. The van der Waals surface area contributed by atoms with E-state index in [2.05, 4.69) is 10.2 Å². The number of rotatable bonds is 2. The molecule has 2 rings (SSSR count). The minimum absolute atomic E-state index is 0.438. The molecule has 0 unspecified atom stereocenters. The van der Waals surface area contributed by atoms with Crippen LogP contribution >= 0.6 is 0 Å². The van der Waals surface area contributed by atoms with Crippen LogP contribution in [0.1, 0.15) is 31.4 Å². The van der Waals surface area contributed by atoms with Gasteiger partial charge in [0.1, 0.15) is 0 Å². The fourth-order valence-corrected chi connectivity index (χ4v) is 2.17. The predicted molar refractivity (Wildman–Crippen MR) is 54.6 cm³/mol. The maximum atomic E-state index is 5.86. The molecule has 14 heavy (non-hydrogen) atoms. The Morgan fingerprint density at radius 3 is 2.71 bits per heavy atom. The van der Waals surface area contributed by atoms with Crippen molar-refractivity contribution in [3.63, 3.8) is 0 Å². The average molecular weight is 194 g/mol. The largest absolute Gasteiger partial charge is 0.328 e. The highest BCUT2D eigenvalue weighted by atomic mass is 15.4. The van der Waals surface area contributed by atoms with Crippen molar-refractivity contribution in [3.05, 3.63) is 11.9 Å². The Hall–Kier alpha value is -0.900. The normalized spacial score (nSPS) is 27.9. The Bertz CT molecular complexity index is 286. The molecule has 1 aromatic rings. The molecular formula is C10H18N4. The van der Waals surface area contributed by atoms with Crippen LogP contribution in [0.2, 0.25) is 0 Å². The van der Waals surface area contributed by atoms with Crippen LogP contribution in [0.5, 0.6) is 0 Å². The Morgan fingerprint density at radius 2 is 2.14 bits per heavy atom. The molecule has 0 aromatic carbocycles. The first-order chi connectivity index (χ1) is 6.74. The van der Waals surface area contributed by atoms with E-state index in [-0.39, 0.29) is 0 Å². The van der Waals surface area contributed by atoms with Gasteiger partial charge in [0.15, 0.2) is 0 Å². The number of aryl methyl sites for hydroxylation is 1. The average Bonchev–Trinajstić information content (AvgIpc) is 2.56. The molecule has 0 aliphatic heterocycles. The predicted octanol–water partition coefficient (Wildman–Crippen LogP) is 0.875. The van der Waals surface area contributed by atoms with Gasteiger partial charge in [0.05, 0.1) is 11.9 Å². The van der Waals surface area contributed by atoms with Crippen molar-refractivity contribution in [3.8, 4) is 0 Å². The summed E-state index contributed by atoms with van der Waals surface area (Å²) in [6, 6.07) is 0.438. The van der Waals surface area contributed by atoms with Crippen molar-refractivity contribution < 1.29 is 0 Å². The van der Waals surface area contributed by atoms with Gasteiger partial charge in [-0.15, -0.1) is 0 Å². The summed E-state index contributed by atoms with van der Waals surface area (Å²) in [6.45, 7) is 0. The van der Waals surface area contributed by atoms with Crippen LogP contribution < -0.4 is 5.73 Å².